The minimum atomic E-state index is -1.45. The van der Waals surface area contributed by atoms with Crippen LogP contribution in [0.25, 0.3) is 0 Å². The molecule has 98 valence electrons. The van der Waals surface area contributed by atoms with E-state index in [4.69, 9.17) is 5.11 Å². The number of carbonyl (C=O) groups excluding carboxylic acids is 1. The van der Waals surface area contributed by atoms with Gasteiger partial charge in [-0.15, -0.1) is 0 Å². The van der Waals surface area contributed by atoms with Crippen molar-refractivity contribution in [3.63, 3.8) is 0 Å². The molecule has 0 heterocycles. The molecule has 1 aromatic rings. The number of rotatable bonds is 7. The lowest BCUT2D eigenvalue weighted by Gasteiger charge is -2.05. The van der Waals surface area contributed by atoms with Gasteiger partial charge in [-0.1, -0.05) is 31.9 Å². The third-order valence-corrected chi connectivity index (χ3v) is 2.76. The zero-order valence-electron chi connectivity index (χ0n) is 10.4. The summed E-state index contributed by atoms with van der Waals surface area (Å²) < 4.78 is 13.5. The molecule has 0 aliphatic rings. The van der Waals surface area contributed by atoms with Crippen molar-refractivity contribution in [1.82, 2.24) is 0 Å². The smallest absolute Gasteiger partial charge is 0.372 e. The monoisotopic (exact) mass is 252 g/mol. The van der Waals surface area contributed by atoms with Gasteiger partial charge in [0, 0.05) is 6.42 Å². The summed E-state index contributed by atoms with van der Waals surface area (Å²) in [7, 11) is 0. The maximum atomic E-state index is 13.5. The van der Waals surface area contributed by atoms with Crippen LogP contribution in [0.15, 0.2) is 18.2 Å². The summed E-state index contributed by atoms with van der Waals surface area (Å²) in [4.78, 5) is 21.5. The van der Waals surface area contributed by atoms with E-state index in [0.717, 1.165) is 19.3 Å². The summed E-state index contributed by atoms with van der Waals surface area (Å²) in [6, 6.07) is 4.34. The summed E-state index contributed by atoms with van der Waals surface area (Å²) in [6.07, 6.45) is 3.41. The van der Waals surface area contributed by atoms with Crippen molar-refractivity contribution >= 4 is 11.8 Å². The maximum absolute atomic E-state index is 13.5. The third kappa shape index (κ3) is 4.28. The molecule has 0 saturated carbocycles. The second kappa shape index (κ2) is 6.89. The molecule has 1 aromatic carbocycles. The van der Waals surface area contributed by atoms with E-state index in [2.05, 4.69) is 6.92 Å². The fourth-order valence-corrected chi connectivity index (χ4v) is 1.76. The molecule has 0 fully saturated rings. The Labute approximate surface area is 106 Å². The van der Waals surface area contributed by atoms with Gasteiger partial charge in [0.1, 0.15) is 5.82 Å². The standard InChI is InChI=1S/C14H17FO3/c1-2-3-4-5-11-8-10(6-7-12(11)15)9-13(16)14(17)18/h6-8H,2-5,9H2,1H3,(H,17,18). The van der Waals surface area contributed by atoms with Crippen molar-refractivity contribution in [2.24, 2.45) is 0 Å². The SMILES string of the molecule is CCCCCc1cc(CC(=O)C(=O)O)ccc1F. The van der Waals surface area contributed by atoms with Crippen LogP contribution in [0.4, 0.5) is 4.39 Å². The third-order valence-electron chi connectivity index (χ3n) is 2.76. The molecule has 1 N–H and O–H groups in total. The lowest BCUT2D eigenvalue weighted by molar-refractivity contribution is -0.148. The second-order valence-electron chi connectivity index (χ2n) is 4.29. The average Bonchev–Trinajstić information content (AvgIpc) is 2.33. The molecule has 4 heteroatoms. The molecule has 1 rings (SSSR count). The molecule has 0 aliphatic carbocycles. The van der Waals surface area contributed by atoms with Gasteiger partial charge in [0.05, 0.1) is 0 Å². The van der Waals surface area contributed by atoms with Crippen LogP contribution in [0.5, 0.6) is 0 Å². The van der Waals surface area contributed by atoms with Crippen LogP contribution >= 0.6 is 0 Å². The normalized spacial score (nSPS) is 10.3. The Bertz CT molecular complexity index is 441. The Morgan fingerprint density at radius 3 is 2.61 bits per heavy atom. The first kappa shape index (κ1) is 14.4. The molecule has 0 aliphatic heterocycles. The van der Waals surface area contributed by atoms with Gasteiger partial charge in [-0.25, -0.2) is 9.18 Å². The van der Waals surface area contributed by atoms with Crippen molar-refractivity contribution in [2.75, 3.05) is 0 Å². The minimum Gasteiger partial charge on any atom is -0.475 e. The minimum absolute atomic E-state index is 0.184. The van der Waals surface area contributed by atoms with Crippen molar-refractivity contribution < 1.29 is 19.1 Å². The maximum Gasteiger partial charge on any atom is 0.372 e. The van der Waals surface area contributed by atoms with E-state index < -0.39 is 11.8 Å². The zero-order valence-corrected chi connectivity index (χ0v) is 10.4. The Kier molecular flexibility index (Phi) is 5.49. The van der Waals surface area contributed by atoms with Gasteiger partial charge in [0.2, 0.25) is 5.78 Å². The van der Waals surface area contributed by atoms with Gasteiger partial charge < -0.3 is 5.11 Å². The molecular weight excluding hydrogens is 235 g/mol. The summed E-state index contributed by atoms with van der Waals surface area (Å²) in [6.45, 7) is 2.07. The number of ketones is 1. The quantitative estimate of drug-likeness (QED) is 0.599. The average molecular weight is 252 g/mol. The number of hydrogen-bond donors (Lipinski definition) is 1. The summed E-state index contributed by atoms with van der Waals surface area (Å²) in [5.41, 5.74) is 1.11. The number of carboxylic acid groups (broad SMARTS) is 1. The molecule has 0 atom stereocenters. The number of benzene rings is 1. The van der Waals surface area contributed by atoms with Crippen molar-refractivity contribution in [1.29, 1.82) is 0 Å². The fraction of sp³-hybridized carbons (Fsp3) is 0.429. The Hall–Kier alpha value is -1.71. The van der Waals surface area contributed by atoms with Crippen LogP contribution in [-0.4, -0.2) is 16.9 Å². The molecular formula is C14H17FO3. The number of carboxylic acids is 1. The number of carbonyl (C=O) groups is 2. The lowest BCUT2D eigenvalue weighted by Crippen LogP contribution is -2.15. The first-order valence-corrected chi connectivity index (χ1v) is 6.08. The van der Waals surface area contributed by atoms with E-state index in [1.54, 1.807) is 6.07 Å². The van der Waals surface area contributed by atoms with Gasteiger partial charge >= 0.3 is 5.97 Å². The van der Waals surface area contributed by atoms with Gasteiger partial charge in [0.15, 0.2) is 0 Å². The first-order valence-electron chi connectivity index (χ1n) is 6.08. The predicted molar refractivity (Wildman–Crippen MR) is 66.0 cm³/mol. The Morgan fingerprint density at radius 1 is 1.28 bits per heavy atom. The number of halogens is 1. The van der Waals surface area contributed by atoms with E-state index in [1.807, 2.05) is 0 Å². The van der Waals surface area contributed by atoms with Crippen LogP contribution in [0.2, 0.25) is 0 Å². The molecule has 0 bridgehead atoms. The number of Topliss-reactive ketones (excluding diaryl/α,β-unsaturated/α-hetero) is 1. The molecule has 0 spiro atoms. The van der Waals surface area contributed by atoms with Crippen LogP contribution in [0.3, 0.4) is 0 Å². The highest BCUT2D eigenvalue weighted by atomic mass is 19.1. The van der Waals surface area contributed by atoms with Crippen LogP contribution in [0, 0.1) is 5.82 Å². The molecule has 0 unspecified atom stereocenters. The highest BCUT2D eigenvalue weighted by Gasteiger charge is 2.13. The van der Waals surface area contributed by atoms with Crippen molar-refractivity contribution in [3.05, 3.63) is 35.1 Å². The summed E-state index contributed by atoms with van der Waals surface area (Å²) in [5.74, 6) is -2.62. The van der Waals surface area contributed by atoms with Gasteiger partial charge in [-0.3, -0.25) is 4.79 Å². The van der Waals surface area contributed by atoms with Gasteiger partial charge in [0.25, 0.3) is 0 Å². The Morgan fingerprint density at radius 2 is 2.00 bits per heavy atom. The first-order chi connectivity index (χ1) is 8.54. The van der Waals surface area contributed by atoms with Crippen LogP contribution in [-0.2, 0) is 22.4 Å². The highest BCUT2D eigenvalue weighted by Crippen LogP contribution is 2.14. The van der Waals surface area contributed by atoms with E-state index in [-0.39, 0.29) is 12.2 Å². The van der Waals surface area contributed by atoms with E-state index in [1.165, 1.54) is 12.1 Å². The molecule has 18 heavy (non-hydrogen) atoms. The molecule has 3 nitrogen and oxygen atoms in total. The fourth-order valence-electron chi connectivity index (χ4n) is 1.76. The van der Waals surface area contributed by atoms with Crippen LogP contribution in [0.1, 0.15) is 37.3 Å². The topological polar surface area (TPSA) is 54.4 Å². The van der Waals surface area contributed by atoms with Crippen LogP contribution < -0.4 is 0 Å². The van der Waals surface area contributed by atoms with E-state index in [0.29, 0.717) is 17.5 Å². The van der Waals surface area contributed by atoms with Crippen molar-refractivity contribution in [3.8, 4) is 0 Å². The molecule has 0 amide bonds. The second-order valence-corrected chi connectivity index (χ2v) is 4.29. The molecule has 0 saturated heterocycles. The highest BCUT2D eigenvalue weighted by molar-refractivity contribution is 6.33. The van der Waals surface area contributed by atoms with Gasteiger partial charge in [-0.05, 0) is 30.0 Å². The number of hydrogen-bond acceptors (Lipinski definition) is 2. The zero-order chi connectivity index (χ0) is 13.5. The van der Waals surface area contributed by atoms with Gasteiger partial charge in [-0.2, -0.15) is 0 Å². The predicted octanol–water partition coefficient (Wildman–Crippen LogP) is 2.75. The number of aryl methyl sites for hydroxylation is 1. The molecule has 0 aromatic heterocycles. The van der Waals surface area contributed by atoms with E-state index >= 15 is 0 Å². The Balaban J connectivity index is 2.73. The number of aliphatic carboxylic acids is 1. The lowest BCUT2D eigenvalue weighted by atomic mass is 10.0. The largest absolute Gasteiger partial charge is 0.475 e. The van der Waals surface area contributed by atoms with Crippen molar-refractivity contribution in [2.45, 2.75) is 39.0 Å². The van der Waals surface area contributed by atoms with E-state index in [9.17, 15) is 14.0 Å². The summed E-state index contributed by atoms with van der Waals surface area (Å²) >= 11 is 0. The number of unbranched alkanes of at least 4 members (excludes halogenated alkanes) is 2. The molecule has 0 radical (unpaired) electrons. The summed E-state index contributed by atoms with van der Waals surface area (Å²) in [5, 5.41) is 8.52.